The van der Waals surface area contributed by atoms with Gasteiger partial charge in [-0.2, -0.15) is 0 Å². The second-order valence-corrected chi connectivity index (χ2v) is 8.50. The van der Waals surface area contributed by atoms with Gasteiger partial charge in [-0.05, 0) is 80.7 Å². The predicted octanol–water partition coefficient (Wildman–Crippen LogP) is 6.18. The summed E-state index contributed by atoms with van der Waals surface area (Å²) in [6.45, 7) is 5.89. The van der Waals surface area contributed by atoms with E-state index in [1.807, 2.05) is 36.4 Å². The zero-order valence-corrected chi connectivity index (χ0v) is 18.0. The first-order valence-corrected chi connectivity index (χ1v) is 11.4. The van der Waals surface area contributed by atoms with E-state index in [-0.39, 0.29) is 5.91 Å². The number of H-pyrrole nitrogens is 1. The number of rotatable bonds is 8. The number of hydrogen-bond donors (Lipinski definition) is 2. The van der Waals surface area contributed by atoms with Crippen molar-refractivity contribution in [2.24, 2.45) is 0 Å². The maximum atomic E-state index is 12.5. The van der Waals surface area contributed by atoms with Crippen molar-refractivity contribution >= 4 is 22.5 Å². The highest BCUT2D eigenvalue weighted by atomic mass is 16.1. The first kappa shape index (κ1) is 20.7. The molecule has 1 saturated heterocycles. The van der Waals surface area contributed by atoms with Crippen molar-refractivity contribution in [2.75, 3.05) is 25.0 Å². The first-order valence-electron chi connectivity index (χ1n) is 11.4. The van der Waals surface area contributed by atoms with Gasteiger partial charge in [-0.3, -0.25) is 4.79 Å². The molecule has 30 heavy (non-hydrogen) atoms. The maximum Gasteiger partial charge on any atom is 0.255 e. The fourth-order valence-corrected chi connectivity index (χ4v) is 4.58. The molecule has 1 aromatic heterocycles. The summed E-state index contributed by atoms with van der Waals surface area (Å²) in [5.41, 5.74) is 4.07. The summed E-state index contributed by atoms with van der Waals surface area (Å²) in [7, 11) is 0. The summed E-state index contributed by atoms with van der Waals surface area (Å²) in [6.07, 6.45) is 9.94. The van der Waals surface area contributed by atoms with E-state index in [1.54, 1.807) is 0 Å². The highest BCUT2D eigenvalue weighted by molar-refractivity contribution is 6.05. The predicted molar refractivity (Wildman–Crippen MR) is 125 cm³/mol. The van der Waals surface area contributed by atoms with Gasteiger partial charge in [0.25, 0.3) is 5.91 Å². The summed E-state index contributed by atoms with van der Waals surface area (Å²) < 4.78 is 0. The molecule has 0 saturated carbocycles. The zero-order chi connectivity index (χ0) is 20.8. The Bertz CT molecular complexity index is 955. The molecule has 1 amide bonds. The number of nitrogens with zero attached hydrogens (tertiary/aromatic N) is 1. The molecule has 4 nitrogen and oxygen atoms in total. The topological polar surface area (TPSA) is 48.1 Å². The minimum absolute atomic E-state index is 0.0663. The number of hydrogen-bond acceptors (Lipinski definition) is 2. The summed E-state index contributed by atoms with van der Waals surface area (Å²) in [5, 5.41) is 4.29. The largest absolute Gasteiger partial charge is 0.361 e. The number of likely N-dealkylation sites (tertiary alicyclic amines) is 1. The van der Waals surface area contributed by atoms with Gasteiger partial charge in [0.2, 0.25) is 0 Å². The van der Waals surface area contributed by atoms with Crippen molar-refractivity contribution in [1.29, 1.82) is 0 Å². The number of anilines is 1. The molecule has 0 aliphatic carbocycles. The Kier molecular flexibility index (Phi) is 6.85. The number of carbonyl (C=O) groups excluding carboxylic acids is 1. The van der Waals surface area contributed by atoms with Crippen LogP contribution in [-0.2, 0) is 0 Å². The molecule has 1 aliphatic rings. The van der Waals surface area contributed by atoms with Crippen LogP contribution in [0, 0.1) is 0 Å². The first-order chi connectivity index (χ1) is 14.7. The standard InChI is InChI=1S/C26H33N3O/c1-2-3-4-8-15-29-16-13-20(14-17-29)24-19-27-25-12-11-22(18-23(24)25)28-26(30)21-9-6-5-7-10-21/h5-7,9-12,18-20,27H,2-4,8,13-17H2,1H3,(H,28,30). The molecule has 0 atom stereocenters. The molecule has 0 unspecified atom stereocenters. The molecule has 158 valence electrons. The lowest BCUT2D eigenvalue weighted by molar-refractivity contribution is 0.102. The van der Waals surface area contributed by atoms with Gasteiger partial charge in [-0.15, -0.1) is 0 Å². The molecule has 3 aromatic rings. The quantitative estimate of drug-likeness (QED) is 0.441. The van der Waals surface area contributed by atoms with E-state index in [0.717, 1.165) is 11.2 Å². The van der Waals surface area contributed by atoms with Crippen LogP contribution in [0.4, 0.5) is 5.69 Å². The average molecular weight is 404 g/mol. The molecule has 0 radical (unpaired) electrons. The minimum Gasteiger partial charge on any atom is -0.361 e. The van der Waals surface area contributed by atoms with Gasteiger partial charge in [0.15, 0.2) is 0 Å². The van der Waals surface area contributed by atoms with E-state index in [0.29, 0.717) is 11.5 Å². The third-order valence-electron chi connectivity index (χ3n) is 6.36. The molecule has 0 spiro atoms. The van der Waals surface area contributed by atoms with Crippen LogP contribution in [0.25, 0.3) is 10.9 Å². The third-order valence-corrected chi connectivity index (χ3v) is 6.36. The SMILES string of the molecule is CCCCCCN1CCC(c2c[nH]c3ccc(NC(=O)c4ccccc4)cc23)CC1. The van der Waals surface area contributed by atoms with E-state index in [4.69, 9.17) is 0 Å². The van der Waals surface area contributed by atoms with Gasteiger partial charge < -0.3 is 15.2 Å². The van der Waals surface area contributed by atoms with E-state index >= 15 is 0 Å². The molecule has 1 aliphatic heterocycles. The van der Waals surface area contributed by atoms with Crippen molar-refractivity contribution in [3.8, 4) is 0 Å². The van der Waals surface area contributed by atoms with E-state index in [1.165, 1.54) is 69.1 Å². The van der Waals surface area contributed by atoms with Gasteiger partial charge >= 0.3 is 0 Å². The smallest absolute Gasteiger partial charge is 0.255 e. The van der Waals surface area contributed by atoms with E-state index in [9.17, 15) is 4.79 Å². The Morgan fingerprint density at radius 2 is 1.87 bits per heavy atom. The second kappa shape index (κ2) is 9.94. The van der Waals surface area contributed by atoms with Crippen molar-refractivity contribution in [1.82, 2.24) is 9.88 Å². The fraction of sp³-hybridized carbons (Fsp3) is 0.423. The third kappa shape index (κ3) is 4.93. The van der Waals surface area contributed by atoms with Crippen LogP contribution in [0.3, 0.4) is 0 Å². The van der Waals surface area contributed by atoms with Gasteiger partial charge in [0, 0.05) is 28.4 Å². The Morgan fingerprint density at radius 3 is 2.63 bits per heavy atom. The molecule has 0 bridgehead atoms. The molecule has 1 fully saturated rings. The lowest BCUT2D eigenvalue weighted by Gasteiger charge is -2.32. The van der Waals surface area contributed by atoms with Crippen LogP contribution in [-0.4, -0.2) is 35.4 Å². The number of carbonyl (C=O) groups is 1. The number of aromatic nitrogens is 1. The highest BCUT2D eigenvalue weighted by Gasteiger charge is 2.22. The van der Waals surface area contributed by atoms with Crippen molar-refractivity contribution in [3.05, 3.63) is 65.9 Å². The number of piperidine rings is 1. The van der Waals surface area contributed by atoms with Gasteiger partial charge in [0.05, 0.1) is 0 Å². The van der Waals surface area contributed by atoms with Crippen LogP contribution >= 0.6 is 0 Å². The van der Waals surface area contributed by atoms with Gasteiger partial charge in [-0.1, -0.05) is 44.4 Å². The lowest BCUT2D eigenvalue weighted by atomic mass is 9.89. The number of fused-ring (bicyclic) bond motifs is 1. The van der Waals surface area contributed by atoms with E-state index in [2.05, 4.69) is 40.5 Å². The number of benzene rings is 2. The molecular weight excluding hydrogens is 370 g/mol. The summed E-state index contributed by atoms with van der Waals surface area (Å²) in [6, 6.07) is 15.5. The zero-order valence-electron chi connectivity index (χ0n) is 18.0. The number of amides is 1. The fourth-order valence-electron chi connectivity index (χ4n) is 4.58. The van der Waals surface area contributed by atoms with E-state index < -0.39 is 0 Å². The second-order valence-electron chi connectivity index (χ2n) is 8.50. The number of aromatic amines is 1. The van der Waals surface area contributed by atoms with Crippen molar-refractivity contribution in [2.45, 2.75) is 51.4 Å². The Hall–Kier alpha value is -2.59. The molecule has 2 aromatic carbocycles. The van der Waals surface area contributed by atoms with Crippen LogP contribution in [0.1, 0.15) is 67.3 Å². The molecule has 2 N–H and O–H groups in total. The van der Waals surface area contributed by atoms with Crippen molar-refractivity contribution < 1.29 is 4.79 Å². The highest BCUT2D eigenvalue weighted by Crippen LogP contribution is 2.34. The monoisotopic (exact) mass is 403 g/mol. The van der Waals surface area contributed by atoms with Crippen LogP contribution in [0.15, 0.2) is 54.7 Å². The van der Waals surface area contributed by atoms with Crippen LogP contribution < -0.4 is 5.32 Å². The Balaban J connectivity index is 1.40. The summed E-state index contributed by atoms with van der Waals surface area (Å²) >= 11 is 0. The van der Waals surface area contributed by atoms with Gasteiger partial charge in [0.1, 0.15) is 0 Å². The molecular formula is C26H33N3O. The molecule has 4 rings (SSSR count). The van der Waals surface area contributed by atoms with Crippen molar-refractivity contribution in [3.63, 3.8) is 0 Å². The number of nitrogens with one attached hydrogen (secondary N) is 2. The lowest BCUT2D eigenvalue weighted by Crippen LogP contribution is -2.33. The normalized spacial score (nSPS) is 15.5. The van der Waals surface area contributed by atoms with Gasteiger partial charge in [-0.25, -0.2) is 0 Å². The number of unbranched alkanes of at least 4 members (excludes halogenated alkanes) is 3. The summed E-state index contributed by atoms with van der Waals surface area (Å²) in [5.74, 6) is 0.522. The molecule has 4 heteroatoms. The Morgan fingerprint density at radius 1 is 1.07 bits per heavy atom. The minimum atomic E-state index is -0.0663. The summed E-state index contributed by atoms with van der Waals surface area (Å²) in [4.78, 5) is 18.6. The maximum absolute atomic E-state index is 12.5. The Labute approximate surface area is 179 Å². The molecule has 2 heterocycles. The van der Waals surface area contributed by atoms with Crippen LogP contribution in [0.5, 0.6) is 0 Å². The van der Waals surface area contributed by atoms with Crippen LogP contribution in [0.2, 0.25) is 0 Å². The average Bonchev–Trinajstić information content (AvgIpc) is 3.21.